The van der Waals surface area contributed by atoms with E-state index in [0.29, 0.717) is 37.4 Å². The molecule has 0 bridgehead atoms. The largest absolute Gasteiger partial charge is 0.448 e. The second-order valence-electron chi connectivity index (χ2n) is 9.78. The molecule has 1 N–H and O–H groups in total. The summed E-state index contributed by atoms with van der Waals surface area (Å²) in [5.74, 6) is -0.304. The van der Waals surface area contributed by atoms with Gasteiger partial charge in [-0.25, -0.2) is 9.78 Å². The number of carbonyl (C=O) groups excluding carboxylic acids is 3. The lowest BCUT2D eigenvalue weighted by atomic mass is 10.00. The van der Waals surface area contributed by atoms with Crippen molar-refractivity contribution in [1.82, 2.24) is 25.0 Å². The minimum atomic E-state index is -0.422. The summed E-state index contributed by atoms with van der Waals surface area (Å²) in [5, 5.41) is 7.38. The molecule has 38 heavy (non-hydrogen) atoms. The molecule has 2 aliphatic rings. The molecule has 1 atom stereocenters. The van der Waals surface area contributed by atoms with Crippen LogP contribution in [-0.2, 0) is 16.1 Å². The van der Waals surface area contributed by atoms with Crippen LogP contribution in [0.15, 0.2) is 22.9 Å². The van der Waals surface area contributed by atoms with E-state index in [1.165, 1.54) is 4.90 Å². The van der Waals surface area contributed by atoms with Crippen molar-refractivity contribution in [2.45, 2.75) is 51.7 Å². The van der Waals surface area contributed by atoms with Gasteiger partial charge in [-0.15, -0.1) is 0 Å². The number of rotatable bonds is 10. The zero-order valence-electron chi connectivity index (χ0n) is 21.6. The predicted octanol–water partition coefficient (Wildman–Crippen LogP) is 4.21. The van der Waals surface area contributed by atoms with E-state index in [9.17, 15) is 14.4 Å². The van der Waals surface area contributed by atoms with Crippen LogP contribution in [0.4, 0.5) is 4.79 Å². The molecule has 1 unspecified atom stereocenters. The molecule has 2 fully saturated rings. The van der Waals surface area contributed by atoms with Crippen LogP contribution < -0.4 is 5.32 Å². The van der Waals surface area contributed by atoms with Gasteiger partial charge in [0.05, 0.1) is 12.1 Å². The standard InChI is InChI=1S/C26H33Cl2N5O4S/c1-17-13-21(27)30-24(28)23(17)25(35)29-7-3-18(2)31-8-4-20(5-9-31)33(14-19-6-12-38-16-19)22(34)15-32-10-11-37-26(32)36/h6,12-13,16,18,20H,3-5,7-11,14-15H2,1-2H3,(H,29,35). The van der Waals surface area contributed by atoms with Gasteiger partial charge in [0.25, 0.3) is 5.91 Å². The highest BCUT2D eigenvalue weighted by molar-refractivity contribution is 7.07. The average Bonchev–Trinajstić information content (AvgIpc) is 3.53. The number of ether oxygens (including phenoxy) is 1. The lowest BCUT2D eigenvalue weighted by Crippen LogP contribution is -2.51. The van der Waals surface area contributed by atoms with Crippen molar-refractivity contribution >= 4 is 52.4 Å². The van der Waals surface area contributed by atoms with Crippen LogP contribution in [0.25, 0.3) is 0 Å². The molecular weight excluding hydrogens is 549 g/mol. The van der Waals surface area contributed by atoms with E-state index >= 15 is 0 Å². The van der Waals surface area contributed by atoms with Gasteiger partial charge in [0.2, 0.25) is 5.91 Å². The fourth-order valence-electron chi connectivity index (χ4n) is 5.00. The van der Waals surface area contributed by atoms with E-state index in [4.69, 9.17) is 27.9 Å². The molecule has 4 heterocycles. The van der Waals surface area contributed by atoms with Crippen LogP contribution in [0.2, 0.25) is 10.3 Å². The Morgan fingerprint density at radius 1 is 1.29 bits per heavy atom. The Hall–Kier alpha value is -2.40. The molecule has 2 aromatic rings. The highest BCUT2D eigenvalue weighted by atomic mass is 35.5. The maximum Gasteiger partial charge on any atom is 0.410 e. The average molecular weight is 583 g/mol. The van der Waals surface area contributed by atoms with Gasteiger partial charge in [-0.2, -0.15) is 11.3 Å². The van der Waals surface area contributed by atoms with Crippen LogP contribution in [0.5, 0.6) is 0 Å². The smallest absolute Gasteiger partial charge is 0.410 e. The van der Waals surface area contributed by atoms with Crippen molar-refractivity contribution < 1.29 is 19.1 Å². The molecule has 2 saturated heterocycles. The third-order valence-corrected chi connectivity index (χ3v) is 8.40. The second-order valence-corrected chi connectivity index (χ2v) is 11.3. The van der Waals surface area contributed by atoms with Crippen LogP contribution in [0, 0.1) is 6.92 Å². The van der Waals surface area contributed by atoms with Crippen molar-refractivity contribution in [3.63, 3.8) is 0 Å². The number of piperidine rings is 1. The lowest BCUT2D eigenvalue weighted by Gasteiger charge is -2.41. The topological polar surface area (TPSA) is 95.1 Å². The molecule has 4 rings (SSSR count). The summed E-state index contributed by atoms with van der Waals surface area (Å²) >= 11 is 13.7. The van der Waals surface area contributed by atoms with Gasteiger partial charge < -0.3 is 19.9 Å². The molecule has 12 heteroatoms. The quantitative estimate of drug-likeness (QED) is 0.422. The number of thiophene rings is 1. The monoisotopic (exact) mass is 581 g/mol. The zero-order valence-corrected chi connectivity index (χ0v) is 23.9. The molecule has 0 spiro atoms. The maximum atomic E-state index is 13.3. The summed E-state index contributed by atoms with van der Waals surface area (Å²) in [4.78, 5) is 47.6. The molecule has 2 aromatic heterocycles. The molecule has 0 radical (unpaired) electrons. The van der Waals surface area contributed by atoms with E-state index in [2.05, 4.69) is 27.5 Å². The minimum Gasteiger partial charge on any atom is -0.448 e. The maximum absolute atomic E-state index is 13.3. The first kappa shape index (κ1) is 28.6. The first-order valence-electron chi connectivity index (χ1n) is 12.8. The summed E-state index contributed by atoms with van der Waals surface area (Å²) in [6.07, 6.45) is 2.06. The molecule has 0 saturated carbocycles. The second kappa shape index (κ2) is 13.1. The number of pyridine rings is 1. The Balaban J connectivity index is 1.28. The van der Waals surface area contributed by atoms with Crippen LogP contribution in [0.1, 0.15) is 47.7 Å². The van der Waals surface area contributed by atoms with Crippen LogP contribution in [-0.4, -0.2) is 89.0 Å². The predicted molar refractivity (Wildman–Crippen MR) is 148 cm³/mol. The number of likely N-dealkylation sites (tertiary alicyclic amines) is 1. The molecule has 0 aliphatic carbocycles. The Labute approximate surface area is 237 Å². The normalized spacial score (nSPS) is 17.4. The van der Waals surface area contributed by atoms with E-state index in [-0.39, 0.29) is 40.7 Å². The summed E-state index contributed by atoms with van der Waals surface area (Å²) < 4.78 is 5.00. The van der Waals surface area contributed by atoms with E-state index in [0.717, 1.165) is 37.9 Å². The number of nitrogens with one attached hydrogen (secondary N) is 1. The number of halogens is 2. The number of nitrogens with zero attached hydrogens (tertiary/aromatic N) is 4. The fourth-order valence-corrected chi connectivity index (χ4v) is 6.27. The van der Waals surface area contributed by atoms with Crippen molar-refractivity contribution in [3.8, 4) is 0 Å². The Kier molecular flexibility index (Phi) is 9.86. The number of cyclic esters (lactones) is 1. The first-order chi connectivity index (χ1) is 18.2. The van der Waals surface area contributed by atoms with Gasteiger partial charge in [-0.3, -0.25) is 14.5 Å². The molecule has 2 aliphatic heterocycles. The number of aryl methyl sites for hydroxylation is 1. The van der Waals surface area contributed by atoms with Gasteiger partial charge in [0, 0.05) is 38.3 Å². The summed E-state index contributed by atoms with van der Waals surface area (Å²) in [6, 6.07) is 4.02. The third-order valence-electron chi connectivity index (χ3n) is 7.20. The number of hydrogen-bond donors (Lipinski definition) is 1. The number of amides is 3. The zero-order chi connectivity index (χ0) is 27.2. The lowest BCUT2D eigenvalue weighted by molar-refractivity contribution is -0.136. The molecular formula is C26H33Cl2N5O4S. The molecule has 9 nitrogen and oxygen atoms in total. The van der Waals surface area contributed by atoms with Gasteiger partial charge in [-0.05, 0) is 67.1 Å². The van der Waals surface area contributed by atoms with Crippen molar-refractivity contribution in [1.29, 1.82) is 0 Å². The Bertz CT molecular complexity index is 1120. The third kappa shape index (κ3) is 7.16. The highest BCUT2D eigenvalue weighted by Gasteiger charge is 2.32. The van der Waals surface area contributed by atoms with Gasteiger partial charge >= 0.3 is 6.09 Å². The van der Waals surface area contributed by atoms with E-state index in [1.807, 2.05) is 16.3 Å². The highest BCUT2D eigenvalue weighted by Crippen LogP contribution is 2.24. The number of aromatic nitrogens is 1. The molecule has 0 aromatic carbocycles. The SMILES string of the molecule is Cc1cc(Cl)nc(Cl)c1C(=O)NCCC(C)N1CCC(N(Cc2ccsc2)C(=O)CN2CCOC2=O)CC1. The summed E-state index contributed by atoms with van der Waals surface area (Å²) in [6.45, 7) is 7.51. The Morgan fingerprint density at radius 3 is 2.68 bits per heavy atom. The summed E-state index contributed by atoms with van der Waals surface area (Å²) in [7, 11) is 0. The number of carbonyl (C=O) groups is 3. The number of hydrogen-bond acceptors (Lipinski definition) is 7. The van der Waals surface area contributed by atoms with Crippen molar-refractivity contribution in [3.05, 3.63) is 49.9 Å². The summed E-state index contributed by atoms with van der Waals surface area (Å²) in [5.41, 5.74) is 2.14. The molecule has 206 valence electrons. The Morgan fingerprint density at radius 2 is 2.05 bits per heavy atom. The molecule has 3 amide bonds. The van der Waals surface area contributed by atoms with Crippen LogP contribution in [0.3, 0.4) is 0 Å². The first-order valence-corrected chi connectivity index (χ1v) is 14.5. The van der Waals surface area contributed by atoms with E-state index < -0.39 is 6.09 Å². The van der Waals surface area contributed by atoms with Crippen molar-refractivity contribution in [2.24, 2.45) is 0 Å². The minimum absolute atomic E-state index is 0.0464. The van der Waals surface area contributed by atoms with E-state index in [1.54, 1.807) is 24.3 Å². The fraction of sp³-hybridized carbons (Fsp3) is 0.538. The van der Waals surface area contributed by atoms with Crippen molar-refractivity contribution in [2.75, 3.05) is 39.3 Å². The van der Waals surface area contributed by atoms with Gasteiger partial charge in [-0.1, -0.05) is 23.2 Å². The van der Waals surface area contributed by atoms with Gasteiger partial charge in [0.1, 0.15) is 23.5 Å². The van der Waals surface area contributed by atoms with Crippen LogP contribution >= 0.6 is 34.5 Å². The van der Waals surface area contributed by atoms with Gasteiger partial charge in [0.15, 0.2) is 0 Å².